The summed E-state index contributed by atoms with van der Waals surface area (Å²) in [6, 6.07) is 0. The number of carbonyl (C=O) groups is 1. The van der Waals surface area contributed by atoms with E-state index in [-0.39, 0.29) is 5.41 Å². The minimum Gasteiger partial charge on any atom is -0.342 e. The Balaban J connectivity index is 1.88. The van der Waals surface area contributed by atoms with E-state index < -0.39 is 0 Å². The number of nitrogens with zero attached hydrogens (tertiary/aromatic N) is 1. The van der Waals surface area contributed by atoms with Gasteiger partial charge < -0.3 is 4.90 Å². The van der Waals surface area contributed by atoms with Crippen molar-refractivity contribution in [1.82, 2.24) is 4.90 Å². The minimum absolute atomic E-state index is 0.280. The first kappa shape index (κ1) is 10.5. The van der Waals surface area contributed by atoms with Crippen LogP contribution in [-0.2, 0) is 4.79 Å². The molecular weight excluding hydrogens is 242 g/mol. The monoisotopic (exact) mass is 259 g/mol. The molecule has 1 heterocycles. The topological polar surface area (TPSA) is 20.3 Å². The van der Waals surface area contributed by atoms with Gasteiger partial charge in [0.1, 0.15) is 0 Å². The van der Waals surface area contributed by atoms with Crippen molar-refractivity contribution < 1.29 is 4.79 Å². The van der Waals surface area contributed by atoms with Gasteiger partial charge in [-0.1, -0.05) is 29.8 Å². The number of hydrogen-bond donors (Lipinski definition) is 0. The fraction of sp³-hybridized carbons (Fsp3) is 0.909. The molecule has 80 valence electrons. The van der Waals surface area contributed by atoms with Gasteiger partial charge in [-0.15, -0.1) is 0 Å². The summed E-state index contributed by atoms with van der Waals surface area (Å²) in [6.45, 7) is 6.27. The van der Waals surface area contributed by atoms with Crippen LogP contribution in [0.4, 0.5) is 0 Å². The molecule has 1 amide bonds. The first-order valence-electron chi connectivity index (χ1n) is 5.43. The SMILES string of the molecule is CC1(C)CC1C(=O)N1CCC(Br)CC1. The number of likely N-dealkylation sites (tertiary alicyclic amines) is 1. The third-order valence-corrected chi connectivity index (χ3v) is 4.46. The molecule has 0 bridgehead atoms. The van der Waals surface area contributed by atoms with E-state index >= 15 is 0 Å². The molecule has 14 heavy (non-hydrogen) atoms. The zero-order chi connectivity index (χ0) is 10.3. The van der Waals surface area contributed by atoms with E-state index in [2.05, 4.69) is 34.7 Å². The average molecular weight is 260 g/mol. The maximum Gasteiger partial charge on any atom is 0.226 e. The van der Waals surface area contributed by atoms with Gasteiger partial charge in [0.2, 0.25) is 5.91 Å². The highest BCUT2D eigenvalue weighted by molar-refractivity contribution is 9.09. The molecule has 1 saturated carbocycles. The molecule has 3 heteroatoms. The Kier molecular flexibility index (Phi) is 2.63. The summed E-state index contributed by atoms with van der Waals surface area (Å²) in [5.41, 5.74) is 0.280. The lowest BCUT2D eigenvalue weighted by Gasteiger charge is -2.30. The number of amides is 1. The molecule has 0 aromatic heterocycles. The molecule has 2 aliphatic rings. The van der Waals surface area contributed by atoms with Gasteiger partial charge in [0.25, 0.3) is 0 Å². The molecule has 0 N–H and O–H groups in total. The summed E-state index contributed by atoms with van der Waals surface area (Å²) < 4.78 is 0. The largest absolute Gasteiger partial charge is 0.342 e. The highest BCUT2D eigenvalue weighted by Gasteiger charge is 2.52. The summed E-state index contributed by atoms with van der Waals surface area (Å²) in [4.78, 5) is 14.7. The van der Waals surface area contributed by atoms with Crippen molar-refractivity contribution in [2.24, 2.45) is 11.3 Å². The molecular formula is C11H18BrNO. The van der Waals surface area contributed by atoms with Crippen molar-refractivity contribution in [2.45, 2.75) is 37.9 Å². The predicted octanol–water partition coefficient (Wildman–Crippen LogP) is 2.42. The molecule has 1 atom stereocenters. The van der Waals surface area contributed by atoms with Crippen LogP contribution < -0.4 is 0 Å². The Hall–Kier alpha value is -0.0500. The highest BCUT2D eigenvalue weighted by atomic mass is 79.9. The first-order chi connectivity index (χ1) is 6.50. The zero-order valence-electron chi connectivity index (χ0n) is 8.92. The van der Waals surface area contributed by atoms with Gasteiger partial charge in [-0.3, -0.25) is 4.79 Å². The van der Waals surface area contributed by atoms with Crippen LogP contribution in [0.5, 0.6) is 0 Å². The van der Waals surface area contributed by atoms with E-state index in [1.807, 2.05) is 0 Å². The second kappa shape index (κ2) is 3.51. The van der Waals surface area contributed by atoms with E-state index in [0.717, 1.165) is 32.4 Å². The lowest BCUT2D eigenvalue weighted by Crippen LogP contribution is -2.40. The molecule has 2 fully saturated rings. The summed E-state index contributed by atoms with van der Waals surface area (Å²) in [6.07, 6.45) is 3.30. The van der Waals surface area contributed by atoms with Gasteiger partial charge in [0, 0.05) is 23.8 Å². The lowest BCUT2D eigenvalue weighted by atomic mass is 10.1. The standard InChI is InChI=1S/C11H18BrNO/c1-11(2)7-9(11)10(14)13-5-3-8(12)4-6-13/h8-9H,3-7H2,1-2H3. The first-order valence-corrected chi connectivity index (χ1v) is 6.35. The molecule has 0 radical (unpaired) electrons. The number of alkyl halides is 1. The van der Waals surface area contributed by atoms with Crippen molar-refractivity contribution in [1.29, 1.82) is 0 Å². The van der Waals surface area contributed by atoms with Crippen molar-refractivity contribution in [3.63, 3.8) is 0 Å². The fourth-order valence-electron chi connectivity index (χ4n) is 2.18. The van der Waals surface area contributed by atoms with E-state index in [4.69, 9.17) is 0 Å². The van der Waals surface area contributed by atoms with Crippen LogP contribution >= 0.6 is 15.9 Å². The van der Waals surface area contributed by atoms with Gasteiger partial charge in [-0.25, -0.2) is 0 Å². The number of piperidine rings is 1. The van der Waals surface area contributed by atoms with E-state index in [1.54, 1.807) is 0 Å². The Morgan fingerprint density at radius 2 is 1.86 bits per heavy atom. The normalized spacial score (nSPS) is 31.6. The maximum absolute atomic E-state index is 12.0. The average Bonchev–Trinajstić information content (AvgIpc) is 2.75. The van der Waals surface area contributed by atoms with Crippen LogP contribution in [-0.4, -0.2) is 28.7 Å². The van der Waals surface area contributed by atoms with Crippen LogP contribution in [0.3, 0.4) is 0 Å². The Bertz CT molecular complexity index is 244. The molecule has 1 aliphatic heterocycles. The molecule has 0 aromatic rings. The molecule has 2 nitrogen and oxygen atoms in total. The smallest absolute Gasteiger partial charge is 0.226 e. The molecule has 1 saturated heterocycles. The summed E-state index contributed by atoms with van der Waals surface area (Å²) >= 11 is 3.60. The fourth-order valence-corrected chi connectivity index (χ4v) is 2.59. The van der Waals surface area contributed by atoms with Gasteiger partial charge in [-0.05, 0) is 24.7 Å². The number of hydrogen-bond acceptors (Lipinski definition) is 1. The summed E-state index contributed by atoms with van der Waals surface area (Å²) in [5, 5.41) is 0. The van der Waals surface area contributed by atoms with Gasteiger partial charge >= 0.3 is 0 Å². The minimum atomic E-state index is 0.280. The van der Waals surface area contributed by atoms with Gasteiger partial charge in [0.05, 0.1) is 0 Å². The third kappa shape index (κ3) is 1.97. The zero-order valence-corrected chi connectivity index (χ0v) is 10.5. The van der Waals surface area contributed by atoms with Crippen molar-refractivity contribution in [3.05, 3.63) is 0 Å². The van der Waals surface area contributed by atoms with Crippen LogP contribution in [0.15, 0.2) is 0 Å². The number of rotatable bonds is 1. The van der Waals surface area contributed by atoms with Gasteiger partial charge in [0.15, 0.2) is 0 Å². The summed E-state index contributed by atoms with van der Waals surface area (Å²) in [7, 11) is 0. The highest BCUT2D eigenvalue weighted by Crippen LogP contribution is 2.52. The second-order valence-electron chi connectivity index (χ2n) is 5.25. The molecule has 2 rings (SSSR count). The third-order valence-electron chi connectivity index (χ3n) is 3.55. The number of halogens is 1. The molecule has 0 spiro atoms. The molecule has 1 aliphatic carbocycles. The lowest BCUT2D eigenvalue weighted by molar-refractivity contribution is -0.134. The Morgan fingerprint density at radius 1 is 1.36 bits per heavy atom. The Morgan fingerprint density at radius 3 is 2.29 bits per heavy atom. The van der Waals surface area contributed by atoms with Crippen LogP contribution in [0.2, 0.25) is 0 Å². The van der Waals surface area contributed by atoms with E-state index in [0.29, 0.717) is 16.7 Å². The van der Waals surface area contributed by atoms with E-state index in [1.165, 1.54) is 0 Å². The van der Waals surface area contributed by atoms with Crippen LogP contribution in [0.25, 0.3) is 0 Å². The van der Waals surface area contributed by atoms with Crippen LogP contribution in [0, 0.1) is 11.3 Å². The summed E-state index contributed by atoms with van der Waals surface area (Å²) in [5.74, 6) is 0.712. The predicted molar refractivity (Wildman–Crippen MR) is 60.4 cm³/mol. The maximum atomic E-state index is 12.0. The van der Waals surface area contributed by atoms with Crippen molar-refractivity contribution in [2.75, 3.05) is 13.1 Å². The van der Waals surface area contributed by atoms with E-state index in [9.17, 15) is 4.79 Å². The number of carbonyl (C=O) groups excluding carboxylic acids is 1. The quantitative estimate of drug-likeness (QED) is 0.663. The second-order valence-corrected chi connectivity index (χ2v) is 6.54. The van der Waals surface area contributed by atoms with Gasteiger partial charge in [-0.2, -0.15) is 0 Å². The van der Waals surface area contributed by atoms with Crippen LogP contribution in [0.1, 0.15) is 33.1 Å². The van der Waals surface area contributed by atoms with Crippen molar-refractivity contribution in [3.8, 4) is 0 Å². The van der Waals surface area contributed by atoms with Crippen molar-refractivity contribution >= 4 is 21.8 Å². The molecule has 1 unspecified atom stereocenters. The Labute approximate surface area is 94.2 Å². The molecule has 0 aromatic carbocycles.